The van der Waals surface area contributed by atoms with Gasteiger partial charge in [0.25, 0.3) is 0 Å². The van der Waals surface area contributed by atoms with Gasteiger partial charge in [0, 0.05) is 0 Å². The molecule has 180 valence electrons. The number of rotatable bonds is 12. The van der Waals surface area contributed by atoms with E-state index in [-0.39, 0.29) is 26.1 Å². The average molecular weight is 461 g/mol. The molecule has 8 nitrogen and oxygen atoms in total. The van der Waals surface area contributed by atoms with Crippen LogP contribution in [0.15, 0.2) is 36.4 Å². The fourth-order valence-electron chi connectivity index (χ4n) is 3.65. The second-order valence-electron chi connectivity index (χ2n) is 7.26. The van der Waals surface area contributed by atoms with Gasteiger partial charge in [-0.15, -0.1) is 0 Å². The van der Waals surface area contributed by atoms with Crippen LogP contribution in [0, 0.1) is 5.41 Å². The molecule has 0 atom stereocenters. The van der Waals surface area contributed by atoms with Crippen LogP contribution in [0.4, 0.5) is 0 Å². The summed E-state index contributed by atoms with van der Waals surface area (Å²) in [6, 6.07) is 10.5. The normalized spacial score (nSPS) is 10.8. The number of carbonyl (C=O) groups excluding carboxylic acids is 2. The van der Waals surface area contributed by atoms with E-state index in [0.29, 0.717) is 34.1 Å². The molecule has 0 radical (unpaired) electrons. The zero-order valence-corrected chi connectivity index (χ0v) is 20.1. The molecule has 0 aliphatic rings. The number of carbonyl (C=O) groups is 2. The van der Waals surface area contributed by atoms with Crippen LogP contribution in [0.2, 0.25) is 0 Å². The molecule has 0 amide bonds. The third-order valence-corrected chi connectivity index (χ3v) is 5.24. The molecule has 8 heteroatoms. The highest BCUT2D eigenvalue weighted by atomic mass is 16.6. The van der Waals surface area contributed by atoms with E-state index >= 15 is 0 Å². The molecule has 0 saturated heterocycles. The molecule has 0 aromatic heterocycles. The smallest absolute Gasteiger partial charge is 0.324 e. The van der Waals surface area contributed by atoms with Crippen molar-refractivity contribution in [1.82, 2.24) is 0 Å². The number of esters is 2. The van der Waals surface area contributed by atoms with Gasteiger partial charge in [-0.2, -0.15) is 0 Å². The highest BCUT2D eigenvalue weighted by Gasteiger charge is 2.49. The SMILES string of the molecule is CCOC(=O)C(Cc1ccc(OC)c(OC)c1)(Cc1ccc(OC)c(OC)c1)C(=O)OCC. The van der Waals surface area contributed by atoms with Crippen molar-refractivity contribution in [1.29, 1.82) is 0 Å². The molecule has 2 rings (SSSR count). The van der Waals surface area contributed by atoms with Crippen molar-refractivity contribution >= 4 is 11.9 Å². The number of hydrogen-bond donors (Lipinski definition) is 0. The van der Waals surface area contributed by atoms with Gasteiger partial charge in [0.15, 0.2) is 28.4 Å². The summed E-state index contributed by atoms with van der Waals surface area (Å²) in [6.45, 7) is 3.64. The summed E-state index contributed by atoms with van der Waals surface area (Å²) in [4.78, 5) is 26.6. The predicted molar refractivity (Wildman–Crippen MR) is 122 cm³/mol. The Bertz CT molecular complexity index is 876. The van der Waals surface area contributed by atoms with E-state index in [0.717, 1.165) is 0 Å². The molecule has 0 bridgehead atoms. The lowest BCUT2D eigenvalue weighted by atomic mass is 9.76. The second kappa shape index (κ2) is 12.0. The van der Waals surface area contributed by atoms with Gasteiger partial charge in [0.2, 0.25) is 0 Å². The second-order valence-corrected chi connectivity index (χ2v) is 7.26. The number of hydrogen-bond acceptors (Lipinski definition) is 8. The van der Waals surface area contributed by atoms with E-state index in [1.807, 2.05) is 0 Å². The lowest BCUT2D eigenvalue weighted by molar-refractivity contribution is -0.172. The summed E-state index contributed by atoms with van der Waals surface area (Å²) in [5, 5.41) is 0. The van der Waals surface area contributed by atoms with Crippen LogP contribution in [0.5, 0.6) is 23.0 Å². The van der Waals surface area contributed by atoms with E-state index in [1.54, 1.807) is 50.2 Å². The molecular formula is C25H32O8. The molecular weight excluding hydrogens is 428 g/mol. The molecule has 0 N–H and O–H groups in total. The van der Waals surface area contributed by atoms with E-state index in [4.69, 9.17) is 28.4 Å². The van der Waals surface area contributed by atoms with E-state index in [9.17, 15) is 9.59 Å². The molecule has 2 aromatic carbocycles. The predicted octanol–water partition coefficient (Wildman–Crippen LogP) is 3.62. The summed E-state index contributed by atoms with van der Waals surface area (Å²) in [6.07, 6.45) is 0.0821. The summed E-state index contributed by atoms with van der Waals surface area (Å²) in [7, 11) is 6.12. The third-order valence-electron chi connectivity index (χ3n) is 5.24. The zero-order chi connectivity index (χ0) is 24.4. The van der Waals surface area contributed by atoms with E-state index < -0.39 is 17.4 Å². The van der Waals surface area contributed by atoms with Gasteiger partial charge in [-0.1, -0.05) is 12.1 Å². The van der Waals surface area contributed by atoms with Crippen LogP contribution in [0.3, 0.4) is 0 Å². The fraction of sp³-hybridized carbons (Fsp3) is 0.440. The van der Waals surface area contributed by atoms with Gasteiger partial charge in [0.05, 0.1) is 41.7 Å². The minimum atomic E-state index is -1.62. The number of ether oxygens (including phenoxy) is 6. The summed E-state index contributed by atoms with van der Waals surface area (Å²) < 4.78 is 32.1. The monoisotopic (exact) mass is 460 g/mol. The minimum absolute atomic E-state index is 0.0410. The van der Waals surface area contributed by atoms with Gasteiger partial charge in [0.1, 0.15) is 0 Å². The first-order valence-electron chi connectivity index (χ1n) is 10.6. The van der Waals surface area contributed by atoms with Gasteiger partial charge < -0.3 is 28.4 Å². The van der Waals surface area contributed by atoms with Crippen LogP contribution < -0.4 is 18.9 Å². The van der Waals surface area contributed by atoms with Crippen molar-refractivity contribution in [3.8, 4) is 23.0 Å². The Hall–Kier alpha value is -3.42. The maximum absolute atomic E-state index is 13.3. The average Bonchev–Trinajstić information content (AvgIpc) is 2.83. The van der Waals surface area contributed by atoms with Gasteiger partial charge >= 0.3 is 11.9 Å². The standard InChI is InChI=1S/C25H32O8/c1-7-32-23(26)25(24(27)33-8-2,15-17-9-11-19(28-3)21(13-17)30-5)16-18-10-12-20(29-4)22(14-18)31-6/h9-14H,7-8,15-16H2,1-6H3. The Morgan fingerprint density at radius 1 is 0.636 bits per heavy atom. The molecule has 0 aliphatic heterocycles. The van der Waals surface area contributed by atoms with Crippen molar-refractivity contribution < 1.29 is 38.0 Å². The first-order chi connectivity index (χ1) is 15.9. The highest BCUT2D eigenvalue weighted by molar-refractivity contribution is 6.00. The van der Waals surface area contributed by atoms with Crippen LogP contribution in [-0.2, 0) is 31.9 Å². The van der Waals surface area contributed by atoms with E-state index in [2.05, 4.69) is 0 Å². The first kappa shape index (κ1) is 25.8. The van der Waals surface area contributed by atoms with Crippen molar-refractivity contribution in [2.75, 3.05) is 41.7 Å². The van der Waals surface area contributed by atoms with Crippen molar-refractivity contribution in [2.24, 2.45) is 5.41 Å². The van der Waals surface area contributed by atoms with Crippen molar-refractivity contribution in [2.45, 2.75) is 26.7 Å². The fourth-order valence-corrected chi connectivity index (χ4v) is 3.65. The third kappa shape index (κ3) is 5.88. The van der Waals surface area contributed by atoms with Crippen molar-refractivity contribution in [3.63, 3.8) is 0 Å². The van der Waals surface area contributed by atoms with E-state index in [1.165, 1.54) is 28.4 Å². The molecule has 0 aliphatic carbocycles. The van der Waals surface area contributed by atoms with Crippen LogP contribution in [0.25, 0.3) is 0 Å². The molecule has 0 heterocycles. The van der Waals surface area contributed by atoms with Gasteiger partial charge in [-0.05, 0) is 62.1 Å². The van der Waals surface area contributed by atoms with Crippen LogP contribution in [0.1, 0.15) is 25.0 Å². The Labute approximate surface area is 194 Å². The summed E-state index contributed by atoms with van der Waals surface area (Å²) in [5.74, 6) is 0.740. The minimum Gasteiger partial charge on any atom is -0.493 e. The largest absolute Gasteiger partial charge is 0.493 e. The molecule has 0 saturated carbocycles. The summed E-state index contributed by atoms with van der Waals surface area (Å²) >= 11 is 0. The molecule has 33 heavy (non-hydrogen) atoms. The topological polar surface area (TPSA) is 89.5 Å². The van der Waals surface area contributed by atoms with Gasteiger partial charge in [-0.3, -0.25) is 9.59 Å². The van der Waals surface area contributed by atoms with Crippen LogP contribution in [-0.4, -0.2) is 53.6 Å². The number of methoxy groups -OCH3 is 4. The summed E-state index contributed by atoms with van der Waals surface area (Å²) in [5.41, 5.74) is -0.242. The molecule has 0 spiro atoms. The lowest BCUT2D eigenvalue weighted by Crippen LogP contribution is -2.45. The Morgan fingerprint density at radius 3 is 1.30 bits per heavy atom. The maximum Gasteiger partial charge on any atom is 0.324 e. The molecule has 0 fully saturated rings. The quantitative estimate of drug-likeness (QED) is 0.351. The Kier molecular flexibility index (Phi) is 9.39. The lowest BCUT2D eigenvalue weighted by Gasteiger charge is -2.30. The van der Waals surface area contributed by atoms with Crippen molar-refractivity contribution in [3.05, 3.63) is 47.5 Å². The van der Waals surface area contributed by atoms with Crippen LogP contribution >= 0.6 is 0 Å². The highest BCUT2D eigenvalue weighted by Crippen LogP contribution is 2.37. The zero-order valence-electron chi connectivity index (χ0n) is 20.1. The molecule has 0 unspecified atom stereocenters. The molecule has 2 aromatic rings. The Balaban J connectivity index is 2.61. The number of benzene rings is 2. The van der Waals surface area contributed by atoms with Gasteiger partial charge in [-0.25, -0.2) is 0 Å². The first-order valence-corrected chi connectivity index (χ1v) is 10.6. The Morgan fingerprint density at radius 2 is 1.00 bits per heavy atom. The maximum atomic E-state index is 13.3.